The SMILES string of the molecule is CC(=O)O[O-].C[NH+](C)C. The summed E-state index contributed by atoms with van der Waals surface area (Å²) in [5.74, 6) is -0.801. The summed E-state index contributed by atoms with van der Waals surface area (Å²) in [5, 5.41) is 8.78. The molecule has 4 nitrogen and oxygen atoms in total. The summed E-state index contributed by atoms with van der Waals surface area (Å²) in [6.45, 7) is 1.05. The molecule has 56 valence electrons. The fourth-order valence-electron chi connectivity index (χ4n) is 0. The van der Waals surface area contributed by atoms with Gasteiger partial charge in [0.25, 0.3) is 5.97 Å². The Morgan fingerprint density at radius 2 is 1.56 bits per heavy atom. The van der Waals surface area contributed by atoms with Crippen molar-refractivity contribution >= 4 is 5.97 Å². The van der Waals surface area contributed by atoms with Gasteiger partial charge in [-0.05, 0) is 0 Å². The van der Waals surface area contributed by atoms with Crippen LogP contribution in [0.5, 0.6) is 0 Å². The summed E-state index contributed by atoms with van der Waals surface area (Å²) in [6.07, 6.45) is 0. The lowest BCUT2D eigenvalue weighted by Gasteiger charge is -1.97. The largest absolute Gasteiger partial charge is 0.662 e. The van der Waals surface area contributed by atoms with Crippen LogP contribution in [0.15, 0.2) is 0 Å². The van der Waals surface area contributed by atoms with E-state index >= 15 is 0 Å². The first-order valence-corrected chi connectivity index (χ1v) is 2.57. The van der Waals surface area contributed by atoms with Crippen molar-refractivity contribution in [3.8, 4) is 0 Å². The van der Waals surface area contributed by atoms with Crippen molar-refractivity contribution in [1.29, 1.82) is 0 Å². The fourth-order valence-corrected chi connectivity index (χ4v) is 0. The minimum Gasteiger partial charge on any atom is -0.662 e. The van der Waals surface area contributed by atoms with Gasteiger partial charge >= 0.3 is 0 Å². The first kappa shape index (κ1) is 11.2. The van der Waals surface area contributed by atoms with Gasteiger partial charge in [-0.25, -0.2) is 0 Å². The highest BCUT2D eigenvalue weighted by Gasteiger charge is 1.71. The third-order valence-electron chi connectivity index (χ3n) is 0.117. The Bertz CT molecular complexity index is 69.8. The lowest BCUT2D eigenvalue weighted by atomic mass is 10.9. The van der Waals surface area contributed by atoms with Crippen molar-refractivity contribution in [2.24, 2.45) is 0 Å². The van der Waals surface area contributed by atoms with E-state index in [9.17, 15) is 4.79 Å². The van der Waals surface area contributed by atoms with Gasteiger partial charge in [-0.2, -0.15) is 0 Å². The summed E-state index contributed by atoms with van der Waals surface area (Å²) >= 11 is 0. The zero-order valence-electron chi connectivity index (χ0n) is 6.22. The Balaban J connectivity index is 0. The number of quaternary nitrogens is 1. The van der Waals surface area contributed by atoms with Gasteiger partial charge in [0.05, 0.1) is 21.1 Å². The molecule has 0 aromatic rings. The normalized spacial score (nSPS) is 7.78. The number of rotatable bonds is 0. The first-order valence-electron chi connectivity index (χ1n) is 2.57. The number of hydrogen-bond donors (Lipinski definition) is 1. The summed E-state index contributed by atoms with van der Waals surface area (Å²) in [6, 6.07) is 0. The van der Waals surface area contributed by atoms with Crippen LogP contribution in [-0.2, 0) is 9.68 Å². The Morgan fingerprint density at radius 1 is 1.44 bits per heavy atom. The highest BCUT2D eigenvalue weighted by molar-refractivity contribution is 5.64. The van der Waals surface area contributed by atoms with Gasteiger partial charge in [-0.3, -0.25) is 4.79 Å². The molecule has 0 aliphatic carbocycles. The van der Waals surface area contributed by atoms with E-state index in [-0.39, 0.29) is 0 Å². The zero-order chi connectivity index (χ0) is 7.86. The minimum atomic E-state index is -0.801. The average molecular weight is 135 g/mol. The van der Waals surface area contributed by atoms with Crippen LogP contribution in [0.25, 0.3) is 0 Å². The summed E-state index contributed by atoms with van der Waals surface area (Å²) in [5.41, 5.74) is 0. The zero-order valence-corrected chi connectivity index (χ0v) is 6.22. The molecule has 0 aromatic carbocycles. The molecule has 0 atom stereocenters. The molecule has 0 aliphatic rings. The smallest absolute Gasteiger partial charge is 0.296 e. The maximum Gasteiger partial charge on any atom is 0.296 e. The maximum atomic E-state index is 9.28. The van der Waals surface area contributed by atoms with Gasteiger partial charge in [0.2, 0.25) is 0 Å². The van der Waals surface area contributed by atoms with Crippen LogP contribution in [0.2, 0.25) is 0 Å². The van der Waals surface area contributed by atoms with Crippen LogP contribution >= 0.6 is 0 Å². The summed E-state index contributed by atoms with van der Waals surface area (Å²) in [4.78, 5) is 13.6. The predicted octanol–water partition coefficient (Wildman–Crippen LogP) is -2.41. The lowest BCUT2D eigenvalue weighted by Crippen LogP contribution is -3.02. The number of carbonyl (C=O) groups is 1. The number of hydrogen-bond acceptors (Lipinski definition) is 3. The molecular weight excluding hydrogens is 122 g/mol. The Labute approximate surface area is 55.0 Å². The third kappa shape index (κ3) is 111. The molecule has 0 unspecified atom stereocenters. The first-order chi connectivity index (χ1) is 4.00. The van der Waals surface area contributed by atoms with Gasteiger partial charge in [0, 0.05) is 6.92 Å². The quantitative estimate of drug-likeness (QED) is 0.297. The van der Waals surface area contributed by atoms with E-state index in [1.807, 2.05) is 0 Å². The van der Waals surface area contributed by atoms with E-state index in [1.54, 1.807) is 0 Å². The van der Waals surface area contributed by atoms with Crippen LogP contribution in [0, 0.1) is 0 Å². The molecule has 9 heavy (non-hydrogen) atoms. The van der Waals surface area contributed by atoms with E-state index in [0.29, 0.717) is 0 Å². The molecular formula is C5H13NO3. The van der Waals surface area contributed by atoms with Crippen molar-refractivity contribution in [2.45, 2.75) is 6.92 Å². The Kier molecular flexibility index (Phi) is 9.21. The van der Waals surface area contributed by atoms with Crippen LogP contribution in [0.3, 0.4) is 0 Å². The predicted molar refractivity (Wildman–Crippen MR) is 30.5 cm³/mol. The van der Waals surface area contributed by atoms with E-state index < -0.39 is 5.97 Å². The summed E-state index contributed by atoms with van der Waals surface area (Å²) < 4.78 is 0. The summed E-state index contributed by atoms with van der Waals surface area (Å²) in [7, 11) is 6.25. The second-order valence-electron chi connectivity index (χ2n) is 2.07. The van der Waals surface area contributed by atoms with Crippen LogP contribution in [0.1, 0.15) is 6.92 Å². The highest BCUT2D eigenvalue weighted by Crippen LogP contribution is 1.54. The average Bonchev–Trinajstić information content (AvgIpc) is 1.65. The molecule has 0 radical (unpaired) electrons. The molecule has 0 bridgehead atoms. The standard InChI is InChI=1S/C3H9N.C2H4O3/c1-4(2)3;1-2(3)5-4/h1-3H3;4H,1H3. The van der Waals surface area contributed by atoms with E-state index in [4.69, 9.17) is 5.26 Å². The highest BCUT2D eigenvalue weighted by atomic mass is 17.1. The van der Waals surface area contributed by atoms with Gasteiger partial charge in [0.1, 0.15) is 0 Å². The second kappa shape index (κ2) is 7.39. The molecule has 0 spiro atoms. The third-order valence-corrected chi connectivity index (χ3v) is 0.117. The van der Waals surface area contributed by atoms with E-state index in [1.165, 1.54) is 4.90 Å². The van der Waals surface area contributed by atoms with Crippen LogP contribution in [-0.4, -0.2) is 27.1 Å². The topological polar surface area (TPSA) is 53.8 Å². The van der Waals surface area contributed by atoms with E-state index in [2.05, 4.69) is 26.0 Å². The fraction of sp³-hybridized carbons (Fsp3) is 0.800. The monoisotopic (exact) mass is 135 g/mol. The molecule has 0 fully saturated rings. The maximum absolute atomic E-state index is 9.28. The van der Waals surface area contributed by atoms with Crippen molar-refractivity contribution < 1.29 is 19.8 Å². The molecule has 0 aliphatic heterocycles. The van der Waals surface area contributed by atoms with Crippen molar-refractivity contribution in [2.75, 3.05) is 21.1 Å². The van der Waals surface area contributed by atoms with Crippen LogP contribution < -0.4 is 10.2 Å². The van der Waals surface area contributed by atoms with E-state index in [0.717, 1.165) is 6.92 Å². The molecule has 0 rings (SSSR count). The van der Waals surface area contributed by atoms with Gasteiger partial charge in [-0.1, -0.05) is 0 Å². The number of carbonyl (C=O) groups excluding carboxylic acids is 1. The van der Waals surface area contributed by atoms with Gasteiger partial charge < -0.3 is 15.0 Å². The molecule has 0 heterocycles. The molecule has 0 saturated heterocycles. The Morgan fingerprint density at radius 3 is 1.56 bits per heavy atom. The van der Waals surface area contributed by atoms with Gasteiger partial charge in [0.15, 0.2) is 0 Å². The molecule has 0 amide bonds. The van der Waals surface area contributed by atoms with Crippen molar-refractivity contribution in [1.82, 2.24) is 0 Å². The van der Waals surface area contributed by atoms with Crippen molar-refractivity contribution in [3.63, 3.8) is 0 Å². The molecule has 0 aromatic heterocycles. The van der Waals surface area contributed by atoms with Crippen molar-refractivity contribution in [3.05, 3.63) is 0 Å². The molecule has 4 heteroatoms. The lowest BCUT2D eigenvalue weighted by molar-refractivity contribution is -0.836. The van der Waals surface area contributed by atoms with Crippen LogP contribution in [0.4, 0.5) is 0 Å². The minimum absolute atomic E-state index is 0.801. The molecule has 1 N–H and O–H groups in total. The Hall–Kier alpha value is -0.610. The second-order valence-corrected chi connectivity index (χ2v) is 2.07. The number of nitrogens with one attached hydrogen (secondary N) is 1. The molecule has 0 saturated carbocycles. The van der Waals surface area contributed by atoms with Gasteiger partial charge in [-0.15, -0.1) is 0 Å².